The predicted octanol–water partition coefficient (Wildman–Crippen LogP) is 3.03. The summed E-state index contributed by atoms with van der Waals surface area (Å²) >= 11 is 0. The molecule has 0 radical (unpaired) electrons. The van der Waals surface area contributed by atoms with Crippen LogP contribution >= 0.6 is 0 Å². The van der Waals surface area contributed by atoms with Gasteiger partial charge in [0.2, 0.25) is 4.91 Å². The maximum atomic E-state index is 12.9. The molecular weight excluding hydrogens is 231 g/mol. The minimum absolute atomic E-state index is 0.281. The van der Waals surface area contributed by atoms with Crippen LogP contribution in [0, 0.1) is 5.82 Å². The van der Waals surface area contributed by atoms with Gasteiger partial charge in [0.25, 0.3) is 0 Å². The molecule has 0 saturated carbocycles. The molecule has 0 aliphatic carbocycles. The number of hydrogen-bond acceptors (Lipinski definition) is 3. The Labute approximate surface area is 102 Å². The smallest absolute Gasteiger partial charge is 0.229 e. The van der Waals surface area contributed by atoms with Gasteiger partial charge >= 0.3 is 0 Å². The van der Waals surface area contributed by atoms with E-state index >= 15 is 0 Å². The summed E-state index contributed by atoms with van der Waals surface area (Å²) in [5, 5.41) is 7.99. The zero-order valence-corrected chi connectivity index (χ0v) is 9.29. The van der Waals surface area contributed by atoms with Crippen LogP contribution in [0.15, 0.2) is 59.0 Å². The van der Waals surface area contributed by atoms with Gasteiger partial charge in [0.05, 0.1) is 0 Å². The maximum absolute atomic E-state index is 12.9. The number of aromatic nitrogens is 1. The van der Waals surface area contributed by atoms with Crippen molar-refractivity contribution >= 4 is 11.4 Å². The summed E-state index contributed by atoms with van der Waals surface area (Å²) in [4.78, 5) is 7.63. The molecule has 2 aromatic rings. The molecule has 2 heterocycles. The Kier molecular flexibility index (Phi) is 2.52. The van der Waals surface area contributed by atoms with Gasteiger partial charge < -0.3 is 0 Å². The molecule has 5 heteroatoms. The van der Waals surface area contributed by atoms with Crippen molar-refractivity contribution in [3.05, 3.63) is 65.7 Å². The monoisotopic (exact) mass is 239 g/mol. The second-order valence-electron chi connectivity index (χ2n) is 3.73. The fraction of sp³-hybridized carbons (Fsp3) is 0. The lowest BCUT2D eigenvalue weighted by Gasteiger charge is -1.98. The summed E-state index contributed by atoms with van der Waals surface area (Å²) in [6.07, 6.45) is 3.36. The summed E-state index contributed by atoms with van der Waals surface area (Å²) in [5.74, 6) is -0.281. The first-order valence-electron chi connectivity index (χ1n) is 5.37. The fourth-order valence-electron chi connectivity index (χ4n) is 1.71. The zero-order valence-electron chi connectivity index (χ0n) is 9.29. The molecule has 86 valence electrons. The lowest BCUT2D eigenvalue weighted by atomic mass is 10.1. The van der Waals surface area contributed by atoms with E-state index in [1.807, 2.05) is 12.1 Å². The number of halogens is 1. The molecule has 0 bridgehead atoms. The second kappa shape index (κ2) is 4.31. The third-order valence-corrected chi connectivity index (χ3v) is 2.59. The minimum Gasteiger partial charge on any atom is -0.265 e. The van der Waals surface area contributed by atoms with E-state index in [0.29, 0.717) is 11.4 Å². The molecule has 0 N–H and O–H groups in total. The Balaban J connectivity index is 2.10. The van der Waals surface area contributed by atoms with Crippen LogP contribution in [0.3, 0.4) is 0 Å². The van der Waals surface area contributed by atoms with Gasteiger partial charge in [0.1, 0.15) is 5.82 Å². The average molecular weight is 239 g/mol. The van der Waals surface area contributed by atoms with Crippen LogP contribution in [-0.2, 0) is 0 Å². The molecule has 1 aliphatic heterocycles. The first-order chi connectivity index (χ1) is 8.84. The van der Waals surface area contributed by atoms with Crippen molar-refractivity contribution in [2.45, 2.75) is 0 Å². The molecule has 0 amide bonds. The highest BCUT2D eigenvalue weighted by molar-refractivity contribution is 5.89. The summed E-state index contributed by atoms with van der Waals surface area (Å²) in [7, 11) is 0. The van der Waals surface area contributed by atoms with Crippen LogP contribution in [0.4, 0.5) is 4.39 Å². The first kappa shape index (κ1) is 10.5. The van der Waals surface area contributed by atoms with Crippen LogP contribution in [0.25, 0.3) is 11.4 Å². The van der Waals surface area contributed by atoms with Crippen molar-refractivity contribution in [3.8, 4) is 0 Å². The van der Waals surface area contributed by atoms with Crippen molar-refractivity contribution < 1.29 is 4.39 Å². The first-order valence-corrected chi connectivity index (χ1v) is 5.37. The van der Waals surface area contributed by atoms with E-state index < -0.39 is 0 Å². The van der Waals surface area contributed by atoms with E-state index in [0.717, 1.165) is 11.1 Å². The molecule has 3 rings (SSSR count). The summed E-state index contributed by atoms with van der Waals surface area (Å²) in [6, 6.07) is 9.76. The number of benzene rings is 1. The van der Waals surface area contributed by atoms with Crippen molar-refractivity contribution in [3.63, 3.8) is 0 Å². The molecule has 1 aromatic carbocycles. The summed E-state index contributed by atoms with van der Waals surface area (Å²) in [5.41, 5.74) is 2.98. The SMILES string of the molecule is Fc1ccc(C2=C(c3ccncc3)N=[N+]=N2)cc1. The Hall–Kier alpha value is -2.65. The number of rotatable bonds is 2. The molecule has 0 fully saturated rings. The standard InChI is InChI=1S/C13H8FN4/c14-11-3-1-9(2-4-11)12-13(17-18-16-12)10-5-7-15-8-6-10/h1-8H/q+1. The number of nitrogens with zero attached hydrogens (tertiary/aromatic N) is 4. The Morgan fingerprint density at radius 1 is 0.778 bits per heavy atom. The molecular formula is C13H8FN4+. The highest BCUT2D eigenvalue weighted by Crippen LogP contribution is 2.29. The predicted molar refractivity (Wildman–Crippen MR) is 64.4 cm³/mol. The lowest BCUT2D eigenvalue weighted by Crippen LogP contribution is -1.86. The molecule has 1 aliphatic rings. The van der Waals surface area contributed by atoms with Gasteiger partial charge in [-0.2, -0.15) is 0 Å². The fourth-order valence-corrected chi connectivity index (χ4v) is 1.71. The van der Waals surface area contributed by atoms with E-state index in [1.54, 1.807) is 24.5 Å². The Morgan fingerprint density at radius 2 is 1.33 bits per heavy atom. The third kappa shape index (κ3) is 1.83. The number of pyridine rings is 1. The molecule has 0 spiro atoms. The van der Waals surface area contributed by atoms with Gasteiger partial charge in [-0.05, 0) is 36.4 Å². The molecule has 0 saturated heterocycles. The van der Waals surface area contributed by atoms with Gasteiger partial charge in [-0.1, -0.05) is 0 Å². The summed E-state index contributed by atoms with van der Waals surface area (Å²) < 4.78 is 12.9. The van der Waals surface area contributed by atoms with Gasteiger partial charge in [-0.15, -0.1) is 0 Å². The molecule has 0 unspecified atom stereocenters. The van der Waals surface area contributed by atoms with Crippen molar-refractivity contribution in [2.75, 3.05) is 0 Å². The van der Waals surface area contributed by atoms with Gasteiger partial charge in [-0.3, -0.25) is 4.98 Å². The lowest BCUT2D eigenvalue weighted by molar-refractivity contribution is 0.627. The van der Waals surface area contributed by atoms with Gasteiger partial charge in [0.15, 0.2) is 21.6 Å². The highest BCUT2D eigenvalue weighted by Gasteiger charge is 2.23. The van der Waals surface area contributed by atoms with Gasteiger partial charge in [-0.25, -0.2) is 4.39 Å². The van der Waals surface area contributed by atoms with Gasteiger partial charge in [0, 0.05) is 23.5 Å². The van der Waals surface area contributed by atoms with E-state index in [-0.39, 0.29) is 5.82 Å². The van der Waals surface area contributed by atoms with Crippen LogP contribution in [0.1, 0.15) is 11.1 Å². The number of hydrogen-bond donors (Lipinski definition) is 0. The van der Waals surface area contributed by atoms with E-state index in [2.05, 4.69) is 20.1 Å². The largest absolute Gasteiger partial charge is 0.265 e. The van der Waals surface area contributed by atoms with Crippen molar-refractivity contribution in [2.24, 2.45) is 10.2 Å². The zero-order chi connectivity index (χ0) is 12.4. The molecule has 18 heavy (non-hydrogen) atoms. The summed E-state index contributed by atoms with van der Waals surface area (Å²) in [6.45, 7) is 0. The second-order valence-corrected chi connectivity index (χ2v) is 3.73. The van der Waals surface area contributed by atoms with E-state index in [9.17, 15) is 4.39 Å². The minimum atomic E-state index is -0.281. The normalized spacial score (nSPS) is 13.4. The van der Waals surface area contributed by atoms with E-state index in [1.165, 1.54) is 12.1 Å². The van der Waals surface area contributed by atoms with Crippen LogP contribution in [0.2, 0.25) is 0 Å². The maximum Gasteiger partial charge on any atom is 0.229 e. The third-order valence-electron chi connectivity index (χ3n) is 2.59. The molecule has 1 aromatic heterocycles. The van der Waals surface area contributed by atoms with E-state index in [4.69, 9.17) is 0 Å². The van der Waals surface area contributed by atoms with Crippen molar-refractivity contribution in [1.29, 1.82) is 0 Å². The molecule has 4 nitrogen and oxygen atoms in total. The average Bonchev–Trinajstić information content (AvgIpc) is 2.90. The highest BCUT2D eigenvalue weighted by atomic mass is 19.1. The Bertz CT molecular complexity index is 668. The molecule has 0 atom stereocenters. The van der Waals surface area contributed by atoms with Crippen LogP contribution < -0.4 is 4.91 Å². The Morgan fingerprint density at radius 3 is 1.94 bits per heavy atom. The van der Waals surface area contributed by atoms with Crippen LogP contribution in [-0.4, -0.2) is 4.98 Å². The van der Waals surface area contributed by atoms with Crippen molar-refractivity contribution in [1.82, 2.24) is 9.90 Å². The topological polar surface area (TPSA) is 51.7 Å². The van der Waals surface area contributed by atoms with Crippen LogP contribution in [0.5, 0.6) is 0 Å². The quantitative estimate of drug-likeness (QED) is 0.743.